The second kappa shape index (κ2) is 12.0. The fourth-order valence-corrected chi connectivity index (χ4v) is 3.13. The normalized spacial score (nSPS) is 16.7. The molecule has 7 nitrogen and oxygen atoms in total. The number of aliphatic imine (C=N–C) groups is 1. The Hall–Kier alpha value is -1.71. The molecule has 0 bridgehead atoms. The standard InChI is InChI=1S/C20H32N4O3.HI/c1-5-21-20(23-16-9-11-24(13-16)19(26)14(2)3)22-10-8-15-6-7-17(27-4)12-18(15)25;/h6-7,12,14,16,25H,5,8-11,13H2,1-4H3,(H2,21,22,23);1H. The van der Waals surface area contributed by atoms with Gasteiger partial charge in [0.15, 0.2) is 5.96 Å². The number of hydrogen-bond donors (Lipinski definition) is 3. The van der Waals surface area contributed by atoms with E-state index in [1.807, 2.05) is 37.8 Å². The van der Waals surface area contributed by atoms with Gasteiger partial charge in [0.1, 0.15) is 11.5 Å². The van der Waals surface area contributed by atoms with Gasteiger partial charge in [0.2, 0.25) is 5.91 Å². The van der Waals surface area contributed by atoms with E-state index in [9.17, 15) is 9.90 Å². The molecule has 158 valence electrons. The molecule has 0 aromatic heterocycles. The lowest BCUT2D eigenvalue weighted by atomic mass is 10.1. The molecule has 1 aromatic carbocycles. The van der Waals surface area contributed by atoms with Gasteiger partial charge in [-0.3, -0.25) is 9.79 Å². The molecule has 8 heteroatoms. The van der Waals surface area contributed by atoms with Crippen molar-refractivity contribution in [1.82, 2.24) is 15.5 Å². The maximum Gasteiger partial charge on any atom is 0.225 e. The number of amides is 1. The van der Waals surface area contributed by atoms with Crippen LogP contribution in [0.4, 0.5) is 0 Å². The van der Waals surface area contributed by atoms with Crippen molar-refractivity contribution in [3.05, 3.63) is 23.8 Å². The number of ether oxygens (including phenoxy) is 1. The molecule has 1 unspecified atom stereocenters. The summed E-state index contributed by atoms with van der Waals surface area (Å²) in [4.78, 5) is 18.7. The molecule has 1 atom stereocenters. The number of phenolic OH excluding ortho intramolecular Hbond substituents is 1. The number of likely N-dealkylation sites (tertiary alicyclic amines) is 1. The van der Waals surface area contributed by atoms with Crippen LogP contribution in [-0.4, -0.2) is 61.2 Å². The quantitative estimate of drug-likeness (QED) is 0.302. The molecule has 2 rings (SSSR count). The molecule has 1 amide bonds. The van der Waals surface area contributed by atoms with E-state index in [0.29, 0.717) is 25.3 Å². The highest BCUT2D eigenvalue weighted by Gasteiger charge is 2.27. The molecule has 0 radical (unpaired) electrons. The van der Waals surface area contributed by atoms with Crippen LogP contribution in [0.5, 0.6) is 11.5 Å². The Morgan fingerprint density at radius 2 is 2.18 bits per heavy atom. The Balaban J connectivity index is 0.00000392. The highest BCUT2D eigenvalue weighted by Crippen LogP contribution is 2.23. The molecule has 28 heavy (non-hydrogen) atoms. The van der Waals surface area contributed by atoms with Crippen molar-refractivity contribution in [2.45, 2.75) is 39.7 Å². The molecule has 1 aromatic rings. The maximum absolute atomic E-state index is 12.1. The maximum atomic E-state index is 12.1. The van der Waals surface area contributed by atoms with E-state index in [1.54, 1.807) is 13.2 Å². The summed E-state index contributed by atoms with van der Waals surface area (Å²) < 4.78 is 5.10. The molecule has 3 N–H and O–H groups in total. The molecule has 1 heterocycles. The number of carbonyl (C=O) groups is 1. The van der Waals surface area contributed by atoms with Crippen LogP contribution in [0.25, 0.3) is 0 Å². The average Bonchev–Trinajstić information content (AvgIpc) is 3.10. The first-order chi connectivity index (χ1) is 12.9. The number of phenols is 1. The predicted molar refractivity (Wildman–Crippen MR) is 123 cm³/mol. The minimum atomic E-state index is 0. The first kappa shape index (κ1) is 24.3. The van der Waals surface area contributed by atoms with Gasteiger partial charge in [0.25, 0.3) is 0 Å². The third-order valence-electron chi connectivity index (χ3n) is 4.62. The Labute approximate surface area is 185 Å². The summed E-state index contributed by atoms with van der Waals surface area (Å²) in [6.45, 7) is 8.70. The summed E-state index contributed by atoms with van der Waals surface area (Å²) in [6, 6.07) is 5.51. The van der Waals surface area contributed by atoms with Gasteiger partial charge in [-0.25, -0.2) is 0 Å². The second-order valence-electron chi connectivity index (χ2n) is 7.07. The van der Waals surface area contributed by atoms with Gasteiger partial charge in [-0.15, -0.1) is 24.0 Å². The second-order valence-corrected chi connectivity index (χ2v) is 7.07. The summed E-state index contributed by atoms with van der Waals surface area (Å²) in [7, 11) is 1.58. The van der Waals surface area contributed by atoms with Gasteiger partial charge in [-0.1, -0.05) is 19.9 Å². The van der Waals surface area contributed by atoms with E-state index in [2.05, 4.69) is 15.6 Å². The fourth-order valence-electron chi connectivity index (χ4n) is 3.13. The highest BCUT2D eigenvalue weighted by molar-refractivity contribution is 14.0. The number of halogens is 1. The van der Waals surface area contributed by atoms with Crippen LogP contribution >= 0.6 is 24.0 Å². The van der Waals surface area contributed by atoms with Gasteiger partial charge in [0, 0.05) is 44.2 Å². The molecule has 1 aliphatic heterocycles. The van der Waals surface area contributed by atoms with Gasteiger partial charge in [0.05, 0.1) is 7.11 Å². The monoisotopic (exact) mass is 504 g/mol. The van der Waals surface area contributed by atoms with Gasteiger partial charge < -0.3 is 25.4 Å². The molecule has 1 fully saturated rings. The van der Waals surface area contributed by atoms with Crippen LogP contribution in [0.3, 0.4) is 0 Å². The van der Waals surface area contributed by atoms with Crippen LogP contribution in [0.2, 0.25) is 0 Å². The van der Waals surface area contributed by atoms with Gasteiger partial charge in [-0.05, 0) is 31.4 Å². The van der Waals surface area contributed by atoms with Crippen LogP contribution in [-0.2, 0) is 11.2 Å². The number of benzene rings is 1. The molecular weight excluding hydrogens is 471 g/mol. The number of methoxy groups -OCH3 is 1. The minimum Gasteiger partial charge on any atom is -0.508 e. The van der Waals surface area contributed by atoms with Crippen molar-refractivity contribution in [2.75, 3.05) is 33.3 Å². The number of aromatic hydroxyl groups is 1. The number of hydrogen-bond acceptors (Lipinski definition) is 4. The summed E-state index contributed by atoms with van der Waals surface area (Å²) in [5, 5.41) is 16.7. The van der Waals surface area contributed by atoms with E-state index >= 15 is 0 Å². The molecule has 0 saturated carbocycles. The molecule has 1 saturated heterocycles. The van der Waals surface area contributed by atoms with Crippen LogP contribution < -0.4 is 15.4 Å². The van der Waals surface area contributed by atoms with Crippen molar-refractivity contribution in [3.63, 3.8) is 0 Å². The summed E-state index contributed by atoms with van der Waals surface area (Å²) in [5.41, 5.74) is 0.838. The predicted octanol–water partition coefficient (Wildman–Crippen LogP) is 2.37. The van der Waals surface area contributed by atoms with E-state index in [0.717, 1.165) is 31.0 Å². The number of guanidine groups is 1. The smallest absolute Gasteiger partial charge is 0.225 e. The Morgan fingerprint density at radius 3 is 2.79 bits per heavy atom. The largest absolute Gasteiger partial charge is 0.508 e. The lowest BCUT2D eigenvalue weighted by Gasteiger charge is -2.20. The number of carbonyl (C=O) groups excluding carboxylic acids is 1. The number of nitrogens with zero attached hydrogens (tertiary/aromatic N) is 2. The summed E-state index contributed by atoms with van der Waals surface area (Å²) in [6.07, 6.45) is 1.55. The topological polar surface area (TPSA) is 86.2 Å². The first-order valence-electron chi connectivity index (χ1n) is 9.64. The van der Waals surface area contributed by atoms with E-state index in [-0.39, 0.29) is 47.6 Å². The highest BCUT2D eigenvalue weighted by atomic mass is 127. The van der Waals surface area contributed by atoms with Crippen molar-refractivity contribution < 1.29 is 14.6 Å². The summed E-state index contributed by atoms with van der Waals surface area (Å²) >= 11 is 0. The Bertz CT molecular complexity index is 667. The molecular formula is C20H33IN4O3. The molecule has 0 aliphatic carbocycles. The molecule has 0 spiro atoms. The first-order valence-corrected chi connectivity index (χ1v) is 9.64. The zero-order valence-electron chi connectivity index (χ0n) is 17.2. The Morgan fingerprint density at radius 1 is 1.43 bits per heavy atom. The van der Waals surface area contributed by atoms with E-state index in [4.69, 9.17) is 4.74 Å². The lowest BCUT2D eigenvalue weighted by molar-refractivity contribution is -0.133. The fraction of sp³-hybridized carbons (Fsp3) is 0.600. The van der Waals surface area contributed by atoms with E-state index < -0.39 is 0 Å². The zero-order chi connectivity index (χ0) is 19.8. The third kappa shape index (κ3) is 7.03. The zero-order valence-corrected chi connectivity index (χ0v) is 19.5. The van der Waals surface area contributed by atoms with Crippen LogP contribution in [0.1, 0.15) is 32.8 Å². The van der Waals surface area contributed by atoms with Gasteiger partial charge in [-0.2, -0.15) is 0 Å². The SMILES string of the molecule is CCNC(=NCCc1ccc(OC)cc1O)NC1CCN(C(=O)C(C)C)C1.I. The molecule has 1 aliphatic rings. The minimum absolute atomic E-state index is 0. The summed E-state index contributed by atoms with van der Waals surface area (Å²) in [5.74, 6) is 1.84. The average molecular weight is 504 g/mol. The Kier molecular flexibility index (Phi) is 10.4. The number of rotatable bonds is 7. The van der Waals surface area contributed by atoms with Crippen molar-refractivity contribution in [1.29, 1.82) is 0 Å². The van der Waals surface area contributed by atoms with Crippen molar-refractivity contribution in [3.8, 4) is 11.5 Å². The van der Waals surface area contributed by atoms with Crippen LogP contribution in [0.15, 0.2) is 23.2 Å². The van der Waals surface area contributed by atoms with Crippen molar-refractivity contribution in [2.24, 2.45) is 10.9 Å². The number of nitrogens with one attached hydrogen (secondary N) is 2. The van der Waals surface area contributed by atoms with E-state index in [1.165, 1.54) is 0 Å². The van der Waals surface area contributed by atoms with Crippen molar-refractivity contribution >= 4 is 35.8 Å². The van der Waals surface area contributed by atoms with Crippen LogP contribution in [0, 0.1) is 5.92 Å². The van der Waals surface area contributed by atoms with Gasteiger partial charge >= 0.3 is 0 Å². The lowest BCUT2D eigenvalue weighted by Crippen LogP contribution is -2.45. The third-order valence-corrected chi connectivity index (χ3v) is 4.62.